The maximum absolute atomic E-state index is 13.2. The second kappa shape index (κ2) is 7.98. The van der Waals surface area contributed by atoms with Crippen LogP contribution in [0.25, 0.3) is 11.3 Å². The highest BCUT2D eigenvalue weighted by Crippen LogP contribution is 2.34. The maximum Gasteiger partial charge on any atom is 0.416 e. The monoisotopic (exact) mass is 435 g/mol. The van der Waals surface area contributed by atoms with Gasteiger partial charge < -0.3 is 4.90 Å². The number of nitrogens with zero attached hydrogens (tertiary/aromatic N) is 2. The van der Waals surface area contributed by atoms with Crippen LogP contribution in [-0.2, 0) is 16.2 Å². The van der Waals surface area contributed by atoms with Gasteiger partial charge in [-0.15, -0.1) is 0 Å². The first kappa shape index (κ1) is 21.6. The molecule has 9 heteroatoms. The maximum atomic E-state index is 13.2. The molecule has 0 bridgehead atoms. The van der Waals surface area contributed by atoms with Crippen molar-refractivity contribution < 1.29 is 21.6 Å². The van der Waals surface area contributed by atoms with Crippen LogP contribution in [0.4, 0.5) is 24.7 Å². The molecule has 0 saturated carbocycles. The Morgan fingerprint density at radius 1 is 0.933 bits per heavy atom. The first-order chi connectivity index (χ1) is 14.0. The molecule has 1 N–H and O–H groups in total. The molecule has 0 fully saturated rings. The largest absolute Gasteiger partial charge is 0.416 e. The van der Waals surface area contributed by atoms with Crippen molar-refractivity contribution in [1.82, 2.24) is 4.98 Å². The van der Waals surface area contributed by atoms with Crippen molar-refractivity contribution in [2.75, 3.05) is 23.7 Å². The van der Waals surface area contributed by atoms with Gasteiger partial charge in [-0.25, -0.2) is 13.4 Å². The predicted molar refractivity (Wildman–Crippen MR) is 111 cm³/mol. The van der Waals surface area contributed by atoms with Gasteiger partial charge in [-0.2, -0.15) is 13.2 Å². The molecule has 1 heterocycles. The fraction of sp³-hybridized carbons (Fsp3) is 0.190. The van der Waals surface area contributed by atoms with E-state index in [-0.39, 0.29) is 16.4 Å². The number of halogens is 3. The van der Waals surface area contributed by atoms with Crippen molar-refractivity contribution in [1.29, 1.82) is 0 Å². The van der Waals surface area contributed by atoms with E-state index in [2.05, 4.69) is 9.71 Å². The molecular weight excluding hydrogens is 415 g/mol. The summed E-state index contributed by atoms with van der Waals surface area (Å²) in [5.41, 5.74) is 0.993. The summed E-state index contributed by atoms with van der Waals surface area (Å²) in [6.07, 6.45) is -4.51. The first-order valence-corrected chi connectivity index (χ1v) is 10.4. The molecule has 0 amide bonds. The molecule has 2 aromatic carbocycles. The fourth-order valence-corrected chi connectivity index (χ4v) is 3.76. The molecule has 5 nitrogen and oxygen atoms in total. The number of rotatable bonds is 5. The number of benzene rings is 2. The van der Waals surface area contributed by atoms with Crippen molar-refractivity contribution in [3.8, 4) is 11.3 Å². The van der Waals surface area contributed by atoms with E-state index in [9.17, 15) is 21.6 Å². The molecule has 158 valence electrons. The van der Waals surface area contributed by atoms with Gasteiger partial charge in [-0.1, -0.05) is 29.8 Å². The highest BCUT2D eigenvalue weighted by atomic mass is 32.2. The van der Waals surface area contributed by atoms with Crippen LogP contribution in [0.15, 0.2) is 65.6 Å². The number of alkyl halides is 3. The first-order valence-electron chi connectivity index (χ1n) is 8.92. The molecule has 0 unspecified atom stereocenters. The summed E-state index contributed by atoms with van der Waals surface area (Å²) in [5, 5.41) is 0. The lowest BCUT2D eigenvalue weighted by Gasteiger charge is -2.16. The van der Waals surface area contributed by atoms with Gasteiger partial charge in [0, 0.05) is 25.3 Å². The Bertz CT molecular complexity index is 1140. The summed E-state index contributed by atoms with van der Waals surface area (Å²) in [5.74, 6) is 0.170. The van der Waals surface area contributed by atoms with Gasteiger partial charge in [0.05, 0.1) is 16.2 Å². The van der Waals surface area contributed by atoms with Crippen molar-refractivity contribution in [2.24, 2.45) is 0 Å². The second-order valence-electron chi connectivity index (χ2n) is 6.99. The third-order valence-electron chi connectivity index (χ3n) is 4.36. The predicted octanol–water partition coefficient (Wildman–Crippen LogP) is 4.94. The second-order valence-corrected chi connectivity index (χ2v) is 8.67. The zero-order valence-electron chi connectivity index (χ0n) is 16.5. The van der Waals surface area contributed by atoms with Crippen molar-refractivity contribution >= 4 is 21.5 Å². The minimum Gasteiger partial charge on any atom is -0.363 e. The fourth-order valence-electron chi connectivity index (χ4n) is 2.70. The van der Waals surface area contributed by atoms with Crippen molar-refractivity contribution in [2.45, 2.75) is 18.0 Å². The van der Waals surface area contributed by atoms with Crippen LogP contribution >= 0.6 is 0 Å². The van der Waals surface area contributed by atoms with Crippen LogP contribution < -0.4 is 9.62 Å². The minimum absolute atomic E-state index is 0.118. The molecule has 1 aromatic heterocycles. The van der Waals surface area contributed by atoms with Crippen LogP contribution in [0.3, 0.4) is 0 Å². The topological polar surface area (TPSA) is 62.3 Å². The summed E-state index contributed by atoms with van der Waals surface area (Å²) in [6.45, 7) is 1.85. The number of nitrogens with one attached hydrogen (secondary N) is 1. The van der Waals surface area contributed by atoms with Gasteiger partial charge in [0.1, 0.15) is 5.82 Å². The third-order valence-corrected chi connectivity index (χ3v) is 5.76. The summed E-state index contributed by atoms with van der Waals surface area (Å²) in [6, 6.07) is 14.4. The van der Waals surface area contributed by atoms with E-state index in [0.717, 1.165) is 17.7 Å². The molecule has 0 radical (unpaired) electrons. The number of pyridine rings is 1. The molecule has 0 aliphatic rings. The van der Waals surface area contributed by atoms with E-state index in [0.29, 0.717) is 11.3 Å². The number of aryl methyl sites for hydroxylation is 1. The van der Waals surface area contributed by atoms with Gasteiger partial charge in [-0.3, -0.25) is 4.72 Å². The van der Waals surface area contributed by atoms with Crippen LogP contribution in [0.5, 0.6) is 0 Å². The van der Waals surface area contributed by atoms with E-state index in [4.69, 9.17) is 0 Å². The lowest BCUT2D eigenvalue weighted by molar-refractivity contribution is -0.137. The van der Waals surface area contributed by atoms with Crippen molar-refractivity contribution in [3.63, 3.8) is 0 Å². The van der Waals surface area contributed by atoms with Crippen LogP contribution in [0.1, 0.15) is 11.1 Å². The minimum atomic E-state index is -4.51. The Morgan fingerprint density at radius 3 is 2.07 bits per heavy atom. The smallest absolute Gasteiger partial charge is 0.363 e. The van der Waals surface area contributed by atoms with E-state index >= 15 is 0 Å². The zero-order chi connectivity index (χ0) is 22.1. The van der Waals surface area contributed by atoms with Crippen LogP contribution in [-0.4, -0.2) is 27.5 Å². The number of sulfonamides is 1. The highest BCUT2D eigenvalue weighted by Gasteiger charge is 2.32. The Labute approximate surface area is 173 Å². The van der Waals surface area contributed by atoms with Gasteiger partial charge in [0.25, 0.3) is 10.0 Å². The van der Waals surface area contributed by atoms with E-state index in [1.165, 1.54) is 41.3 Å². The van der Waals surface area contributed by atoms with E-state index in [1.807, 2.05) is 6.92 Å². The summed E-state index contributed by atoms with van der Waals surface area (Å²) in [4.78, 5) is 5.87. The van der Waals surface area contributed by atoms with E-state index in [1.54, 1.807) is 26.2 Å². The van der Waals surface area contributed by atoms with Crippen LogP contribution in [0.2, 0.25) is 0 Å². The van der Waals surface area contributed by atoms with Gasteiger partial charge in [0.2, 0.25) is 0 Å². The number of aromatic nitrogens is 1. The molecule has 0 aliphatic heterocycles. The molecule has 30 heavy (non-hydrogen) atoms. The SMILES string of the molecule is Cc1ccc(S(=O)(=O)Nc2ccc(-c3cc(C(F)(F)F)cc(N(C)C)n3)cc2)cc1. The zero-order valence-corrected chi connectivity index (χ0v) is 17.3. The average molecular weight is 435 g/mol. The Kier molecular flexibility index (Phi) is 5.76. The van der Waals surface area contributed by atoms with Gasteiger partial charge in [-0.05, 0) is 43.3 Å². The molecule has 0 atom stereocenters. The summed E-state index contributed by atoms with van der Waals surface area (Å²) >= 11 is 0. The molecule has 0 saturated heterocycles. The number of hydrogen-bond acceptors (Lipinski definition) is 4. The molecule has 0 spiro atoms. The average Bonchev–Trinajstić information content (AvgIpc) is 2.67. The molecular formula is C21H20F3N3O2S. The van der Waals surface area contributed by atoms with Crippen LogP contribution in [0, 0.1) is 6.92 Å². The third kappa shape index (κ3) is 4.91. The molecule has 3 aromatic rings. The lowest BCUT2D eigenvalue weighted by Crippen LogP contribution is -2.14. The molecule has 3 rings (SSSR count). The van der Waals surface area contributed by atoms with Crippen molar-refractivity contribution in [3.05, 3.63) is 71.8 Å². The Balaban J connectivity index is 1.90. The summed E-state index contributed by atoms with van der Waals surface area (Å²) < 4.78 is 67.2. The number of anilines is 2. The summed E-state index contributed by atoms with van der Waals surface area (Å²) in [7, 11) is -0.560. The van der Waals surface area contributed by atoms with Gasteiger partial charge in [0.15, 0.2) is 0 Å². The van der Waals surface area contributed by atoms with E-state index < -0.39 is 21.8 Å². The number of hydrogen-bond donors (Lipinski definition) is 1. The quantitative estimate of drug-likeness (QED) is 0.617. The highest BCUT2D eigenvalue weighted by molar-refractivity contribution is 7.92. The standard InChI is InChI=1S/C21H20F3N3O2S/c1-14-4-10-18(11-5-14)30(28,29)26-17-8-6-15(7-9-17)19-12-16(21(22,23)24)13-20(25-19)27(2)3/h4-13,26H,1-3H3. The Morgan fingerprint density at radius 2 is 1.53 bits per heavy atom. The normalized spacial score (nSPS) is 11.9. The Hall–Kier alpha value is -3.07. The van der Waals surface area contributed by atoms with Gasteiger partial charge >= 0.3 is 6.18 Å². The molecule has 0 aliphatic carbocycles. The lowest BCUT2D eigenvalue weighted by atomic mass is 10.1.